The van der Waals surface area contributed by atoms with Crippen LogP contribution in [-0.2, 0) is 20.5 Å². The number of aliphatic carboxylic acids is 1. The van der Waals surface area contributed by atoms with E-state index in [0.29, 0.717) is 30.7 Å². The molecule has 1 aliphatic rings. The molecule has 4 atom stereocenters. The first-order chi connectivity index (χ1) is 16.0. The second-order valence-corrected chi connectivity index (χ2v) is 8.18. The molecule has 6 nitrogen and oxygen atoms in total. The van der Waals surface area contributed by atoms with Gasteiger partial charge in [-0.1, -0.05) is 12.1 Å². The van der Waals surface area contributed by atoms with E-state index < -0.39 is 59.0 Å². The third-order valence-corrected chi connectivity index (χ3v) is 6.11. The number of nitrogens with one attached hydrogen (secondary N) is 2. The highest BCUT2D eigenvalue weighted by molar-refractivity contribution is 5.95. The topological polar surface area (TPSA) is 87.7 Å². The summed E-state index contributed by atoms with van der Waals surface area (Å²) in [4.78, 5) is 25.4. The number of alkyl halides is 3. The molecule has 0 spiro atoms. The predicted molar refractivity (Wildman–Crippen MR) is 118 cm³/mol. The van der Waals surface area contributed by atoms with Crippen molar-refractivity contribution in [1.82, 2.24) is 0 Å². The molecule has 0 unspecified atom stereocenters. The van der Waals surface area contributed by atoms with Gasteiger partial charge in [-0.25, -0.2) is 4.39 Å². The Bertz CT molecular complexity index is 1030. The summed E-state index contributed by atoms with van der Waals surface area (Å²) in [6.07, 6.45) is -4.68. The standard InChI is InChI=1S/C24H26F4N2O4/c1-3-34-16-11-17(13-4-7-15(29-2)8-5-13)21(23(32)33)18(12-16)22(31)30-20-9-6-14(10-19(20)25)24(26,27)28/h4-10,16-18,21,29H,3,11-12H2,1-2H3,(H,30,31)(H,32,33)/t16-,17-,18-,21-/m1/s1. The van der Waals surface area contributed by atoms with Crippen molar-refractivity contribution in [3.63, 3.8) is 0 Å². The fraction of sp³-hybridized carbons (Fsp3) is 0.417. The van der Waals surface area contributed by atoms with Gasteiger partial charge in [0.05, 0.1) is 29.2 Å². The first-order valence-electron chi connectivity index (χ1n) is 10.8. The lowest BCUT2D eigenvalue weighted by Crippen LogP contribution is -2.44. The zero-order valence-electron chi connectivity index (χ0n) is 18.7. The molecule has 0 saturated heterocycles. The average Bonchev–Trinajstić information content (AvgIpc) is 2.79. The monoisotopic (exact) mass is 482 g/mol. The van der Waals surface area contributed by atoms with Crippen LogP contribution in [0.5, 0.6) is 0 Å². The fourth-order valence-electron chi connectivity index (χ4n) is 4.48. The Morgan fingerprint density at radius 1 is 1.12 bits per heavy atom. The van der Waals surface area contributed by atoms with E-state index in [9.17, 15) is 32.3 Å². The van der Waals surface area contributed by atoms with Crippen LogP contribution in [0.15, 0.2) is 42.5 Å². The number of hydrogen-bond acceptors (Lipinski definition) is 4. The third-order valence-electron chi connectivity index (χ3n) is 6.11. The van der Waals surface area contributed by atoms with Crippen LogP contribution in [0.25, 0.3) is 0 Å². The Kier molecular flexibility index (Phi) is 7.81. The predicted octanol–water partition coefficient (Wildman–Crippen LogP) is 5.12. The van der Waals surface area contributed by atoms with Crippen molar-refractivity contribution in [2.75, 3.05) is 24.3 Å². The van der Waals surface area contributed by atoms with E-state index in [-0.39, 0.29) is 6.42 Å². The molecule has 1 fully saturated rings. The summed E-state index contributed by atoms with van der Waals surface area (Å²) in [7, 11) is 1.75. The van der Waals surface area contributed by atoms with Gasteiger partial charge in [-0.05, 0) is 55.7 Å². The highest BCUT2D eigenvalue weighted by atomic mass is 19.4. The Balaban J connectivity index is 1.91. The van der Waals surface area contributed by atoms with Crippen molar-refractivity contribution in [3.8, 4) is 0 Å². The first-order valence-corrected chi connectivity index (χ1v) is 10.8. The Morgan fingerprint density at radius 2 is 1.79 bits per heavy atom. The van der Waals surface area contributed by atoms with Gasteiger partial charge in [0.15, 0.2) is 0 Å². The molecule has 3 N–H and O–H groups in total. The lowest BCUT2D eigenvalue weighted by Gasteiger charge is -2.39. The normalized spacial score (nSPS) is 22.8. The molecule has 184 valence electrons. The molecular formula is C24H26F4N2O4. The summed E-state index contributed by atoms with van der Waals surface area (Å²) in [5.74, 6) is -6.00. The highest BCUT2D eigenvalue weighted by Crippen LogP contribution is 2.43. The summed E-state index contributed by atoms with van der Waals surface area (Å²) in [5, 5.41) is 15.3. The second kappa shape index (κ2) is 10.4. The Labute approximate surface area is 194 Å². The molecule has 10 heteroatoms. The fourth-order valence-corrected chi connectivity index (χ4v) is 4.48. The van der Waals surface area contributed by atoms with Crippen molar-refractivity contribution in [1.29, 1.82) is 0 Å². The quantitative estimate of drug-likeness (QED) is 0.477. The summed E-state index contributed by atoms with van der Waals surface area (Å²) in [6, 6.07) is 8.93. The molecule has 34 heavy (non-hydrogen) atoms. The molecule has 0 aliphatic heterocycles. The van der Waals surface area contributed by atoms with Crippen molar-refractivity contribution in [2.24, 2.45) is 11.8 Å². The van der Waals surface area contributed by atoms with Crippen LogP contribution in [0.3, 0.4) is 0 Å². The van der Waals surface area contributed by atoms with Crippen molar-refractivity contribution >= 4 is 23.3 Å². The molecule has 1 aliphatic carbocycles. The number of anilines is 2. The summed E-state index contributed by atoms with van der Waals surface area (Å²) in [6.45, 7) is 2.14. The van der Waals surface area contributed by atoms with Crippen molar-refractivity contribution < 1.29 is 37.0 Å². The zero-order chi connectivity index (χ0) is 25.0. The van der Waals surface area contributed by atoms with E-state index in [0.717, 1.165) is 11.8 Å². The van der Waals surface area contributed by atoms with Crippen LogP contribution in [-0.4, -0.2) is 36.7 Å². The third kappa shape index (κ3) is 5.67. The molecule has 0 aromatic heterocycles. The van der Waals surface area contributed by atoms with Gasteiger partial charge >= 0.3 is 12.1 Å². The number of amides is 1. The van der Waals surface area contributed by atoms with E-state index in [1.807, 2.05) is 0 Å². The van der Waals surface area contributed by atoms with E-state index in [1.54, 1.807) is 38.2 Å². The number of hydrogen-bond donors (Lipinski definition) is 3. The molecular weight excluding hydrogens is 456 g/mol. The SMILES string of the molecule is CCO[C@@H]1C[C@H](c2ccc(NC)cc2)[C@@H](C(=O)O)[C@H](C(=O)Nc2ccc(C(F)(F)F)cc2F)C1. The van der Waals surface area contributed by atoms with Gasteiger partial charge in [0.25, 0.3) is 0 Å². The van der Waals surface area contributed by atoms with Crippen LogP contribution >= 0.6 is 0 Å². The minimum Gasteiger partial charge on any atom is -0.481 e. The molecule has 2 aromatic carbocycles. The minimum atomic E-state index is -4.73. The smallest absolute Gasteiger partial charge is 0.416 e. The van der Waals surface area contributed by atoms with E-state index >= 15 is 0 Å². The van der Waals surface area contributed by atoms with Crippen molar-refractivity contribution in [3.05, 3.63) is 59.4 Å². The maximum Gasteiger partial charge on any atom is 0.416 e. The van der Waals surface area contributed by atoms with Crippen molar-refractivity contribution in [2.45, 2.75) is 38.0 Å². The van der Waals surface area contributed by atoms with Crippen LogP contribution in [0.2, 0.25) is 0 Å². The molecule has 1 amide bonds. The van der Waals surface area contributed by atoms with Gasteiger partial charge in [0.1, 0.15) is 5.82 Å². The number of halogens is 4. The number of carbonyl (C=O) groups excluding carboxylic acids is 1. The number of carboxylic acid groups (broad SMARTS) is 1. The van der Waals surface area contributed by atoms with Gasteiger partial charge in [-0.3, -0.25) is 9.59 Å². The largest absolute Gasteiger partial charge is 0.481 e. The van der Waals surface area contributed by atoms with Crippen LogP contribution < -0.4 is 10.6 Å². The Morgan fingerprint density at radius 3 is 2.32 bits per heavy atom. The number of benzene rings is 2. The number of carbonyl (C=O) groups is 2. The average molecular weight is 482 g/mol. The summed E-state index contributed by atoms with van der Waals surface area (Å²) < 4.78 is 58.5. The molecule has 1 saturated carbocycles. The maximum absolute atomic E-state index is 14.3. The molecule has 0 heterocycles. The highest BCUT2D eigenvalue weighted by Gasteiger charge is 2.46. The van der Waals surface area contributed by atoms with E-state index in [4.69, 9.17) is 4.74 Å². The van der Waals surface area contributed by atoms with E-state index in [1.165, 1.54) is 0 Å². The van der Waals surface area contributed by atoms with Gasteiger partial charge in [0, 0.05) is 25.3 Å². The van der Waals surface area contributed by atoms with Crippen LogP contribution in [0.1, 0.15) is 36.8 Å². The summed E-state index contributed by atoms with van der Waals surface area (Å²) >= 11 is 0. The lowest BCUT2D eigenvalue weighted by atomic mass is 9.67. The number of rotatable bonds is 7. The summed E-state index contributed by atoms with van der Waals surface area (Å²) in [5.41, 5.74) is -0.0876. The van der Waals surface area contributed by atoms with Gasteiger partial charge in [-0.15, -0.1) is 0 Å². The zero-order valence-corrected chi connectivity index (χ0v) is 18.7. The van der Waals surface area contributed by atoms with Crippen LogP contribution in [0, 0.1) is 17.7 Å². The molecule has 0 radical (unpaired) electrons. The molecule has 0 bridgehead atoms. The Hall–Kier alpha value is -3.14. The van der Waals surface area contributed by atoms with Gasteiger partial charge in [0.2, 0.25) is 5.91 Å². The van der Waals surface area contributed by atoms with E-state index in [2.05, 4.69) is 10.6 Å². The number of carboxylic acids is 1. The minimum absolute atomic E-state index is 0.0873. The molecule has 3 rings (SSSR count). The van der Waals surface area contributed by atoms with Gasteiger partial charge in [-0.2, -0.15) is 13.2 Å². The second-order valence-electron chi connectivity index (χ2n) is 8.18. The van der Waals surface area contributed by atoms with Crippen LogP contribution in [0.4, 0.5) is 28.9 Å². The maximum atomic E-state index is 14.3. The first kappa shape index (κ1) is 25.5. The molecule has 2 aromatic rings. The lowest BCUT2D eigenvalue weighted by molar-refractivity contribution is -0.151. The van der Waals surface area contributed by atoms with Gasteiger partial charge < -0.3 is 20.5 Å². The number of ether oxygens (including phenoxy) is 1.